The Morgan fingerprint density at radius 1 is 1.23 bits per heavy atom. The Hall–Kier alpha value is -3.56. The van der Waals surface area contributed by atoms with Crippen LogP contribution in [0, 0.1) is 12.8 Å². The van der Waals surface area contributed by atoms with Crippen molar-refractivity contribution in [2.75, 3.05) is 0 Å². The van der Waals surface area contributed by atoms with E-state index in [0.717, 1.165) is 24.2 Å². The lowest BCUT2D eigenvalue weighted by atomic mass is 9.87. The summed E-state index contributed by atoms with van der Waals surface area (Å²) in [5.41, 5.74) is 3.53. The van der Waals surface area contributed by atoms with Gasteiger partial charge in [-0.15, -0.1) is 5.10 Å². The summed E-state index contributed by atoms with van der Waals surface area (Å²) in [6.07, 6.45) is 4.29. The van der Waals surface area contributed by atoms with E-state index < -0.39 is 5.97 Å². The number of ether oxygens (including phenoxy) is 2. The molecule has 2 atom stereocenters. The van der Waals surface area contributed by atoms with Gasteiger partial charge in [0.05, 0.1) is 29.1 Å². The monoisotopic (exact) mass is 480 g/mol. The topological polar surface area (TPSA) is 125 Å². The van der Waals surface area contributed by atoms with E-state index >= 15 is 0 Å². The molecule has 3 aromatic heterocycles. The van der Waals surface area contributed by atoms with Crippen molar-refractivity contribution in [2.45, 2.75) is 71.5 Å². The average molecular weight is 481 g/mol. The van der Waals surface area contributed by atoms with Gasteiger partial charge >= 0.3 is 5.97 Å². The summed E-state index contributed by atoms with van der Waals surface area (Å²) >= 11 is 0. The maximum Gasteiger partial charge on any atom is 0.306 e. The van der Waals surface area contributed by atoms with Gasteiger partial charge in [0.15, 0.2) is 0 Å². The van der Waals surface area contributed by atoms with Gasteiger partial charge in [-0.25, -0.2) is 19.6 Å². The number of hydrogen-bond acceptors (Lipinski definition) is 8. The van der Waals surface area contributed by atoms with Gasteiger partial charge in [0, 0.05) is 18.5 Å². The molecule has 10 nitrogen and oxygen atoms in total. The normalized spacial score (nSPS) is 18.3. The highest BCUT2D eigenvalue weighted by molar-refractivity contribution is 5.70. The second kappa shape index (κ2) is 9.97. The molecule has 3 aromatic rings. The first-order valence-corrected chi connectivity index (χ1v) is 11.8. The Kier molecular flexibility index (Phi) is 7.00. The molecule has 3 heterocycles. The summed E-state index contributed by atoms with van der Waals surface area (Å²) < 4.78 is 13.8. The molecule has 1 saturated carbocycles. The Bertz CT molecular complexity index is 1200. The first-order valence-electron chi connectivity index (χ1n) is 11.8. The van der Waals surface area contributed by atoms with Crippen LogP contribution in [0.4, 0.5) is 0 Å². The third-order valence-corrected chi connectivity index (χ3v) is 6.26. The lowest BCUT2D eigenvalue weighted by molar-refractivity contribution is -0.143. The standard InChI is InChI=1S/C25H32N6O4/c1-15-20(35-17-8-6-7-16(11-17)24(32)33)10-9-18(28-15)23-19(31(5)30-29-23)13-34-22-12-21(25(2,3)4)26-14-27-22/h9-10,12,14,16-17H,6-8,11,13H2,1-5H3,(H,32,33)/t16-,17-/m0/s1. The van der Waals surface area contributed by atoms with E-state index in [1.807, 2.05) is 32.2 Å². The van der Waals surface area contributed by atoms with Crippen LogP contribution >= 0.6 is 0 Å². The van der Waals surface area contributed by atoms with E-state index in [9.17, 15) is 9.90 Å². The van der Waals surface area contributed by atoms with Gasteiger partial charge in [0.2, 0.25) is 5.88 Å². The highest BCUT2D eigenvalue weighted by atomic mass is 16.5. The summed E-state index contributed by atoms with van der Waals surface area (Å²) in [4.78, 5) is 24.6. The predicted molar refractivity (Wildman–Crippen MR) is 128 cm³/mol. The van der Waals surface area contributed by atoms with Crippen molar-refractivity contribution in [2.24, 2.45) is 13.0 Å². The van der Waals surface area contributed by atoms with Crippen LogP contribution in [0.3, 0.4) is 0 Å². The second-order valence-corrected chi connectivity index (χ2v) is 10.0. The third kappa shape index (κ3) is 5.75. The van der Waals surface area contributed by atoms with Crippen LogP contribution in [0.1, 0.15) is 63.5 Å². The number of carboxylic acids is 1. The van der Waals surface area contributed by atoms with Gasteiger partial charge in [0.25, 0.3) is 0 Å². The zero-order chi connectivity index (χ0) is 25.2. The SMILES string of the molecule is Cc1nc(-c2nnn(C)c2COc2cc(C(C)(C)C)ncn2)ccc1O[C@H]1CCC[C@H](C(=O)O)C1. The molecular weight excluding hydrogens is 448 g/mol. The quantitative estimate of drug-likeness (QED) is 0.536. The molecule has 0 unspecified atom stereocenters. The van der Waals surface area contributed by atoms with Crippen LogP contribution < -0.4 is 9.47 Å². The number of carboxylic acid groups (broad SMARTS) is 1. The van der Waals surface area contributed by atoms with Crippen molar-refractivity contribution in [3.63, 3.8) is 0 Å². The van der Waals surface area contributed by atoms with E-state index in [2.05, 4.69) is 41.1 Å². The fourth-order valence-electron chi connectivity index (χ4n) is 4.17. The average Bonchev–Trinajstić information content (AvgIpc) is 3.19. The number of aryl methyl sites for hydroxylation is 2. The molecule has 10 heteroatoms. The van der Waals surface area contributed by atoms with Crippen LogP contribution in [0.2, 0.25) is 0 Å². The molecule has 0 aromatic carbocycles. The Morgan fingerprint density at radius 2 is 2.03 bits per heavy atom. The largest absolute Gasteiger partial charge is 0.489 e. The van der Waals surface area contributed by atoms with Crippen LogP contribution in [0.25, 0.3) is 11.4 Å². The highest BCUT2D eigenvalue weighted by Crippen LogP contribution is 2.31. The van der Waals surface area contributed by atoms with E-state index in [-0.39, 0.29) is 24.0 Å². The third-order valence-electron chi connectivity index (χ3n) is 6.26. The lowest BCUT2D eigenvalue weighted by Crippen LogP contribution is -2.29. The fraction of sp³-hybridized carbons (Fsp3) is 0.520. The van der Waals surface area contributed by atoms with Gasteiger partial charge in [0.1, 0.15) is 30.1 Å². The van der Waals surface area contributed by atoms with Gasteiger partial charge in [-0.2, -0.15) is 0 Å². The minimum absolute atomic E-state index is 0.113. The van der Waals surface area contributed by atoms with Crippen molar-refractivity contribution >= 4 is 5.97 Å². The van der Waals surface area contributed by atoms with E-state index in [1.54, 1.807) is 4.68 Å². The summed E-state index contributed by atoms with van der Waals surface area (Å²) in [7, 11) is 1.81. The molecule has 35 heavy (non-hydrogen) atoms. The summed E-state index contributed by atoms with van der Waals surface area (Å²) in [6, 6.07) is 5.55. The fourth-order valence-corrected chi connectivity index (χ4v) is 4.17. The molecule has 0 amide bonds. The number of rotatable bonds is 7. The molecule has 4 rings (SSSR count). The first-order chi connectivity index (χ1) is 16.6. The molecule has 0 radical (unpaired) electrons. The van der Waals surface area contributed by atoms with Gasteiger partial charge in [-0.3, -0.25) is 4.79 Å². The zero-order valence-corrected chi connectivity index (χ0v) is 20.9. The van der Waals surface area contributed by atoms with E-state index in [0.29, 0.717) is 41.6 Å². The molecule has 186 valence electrons. The van der Waals surface area contributed by atoms with Crippen LogP contribution in [-0.4, -0.2) is 47.1 Å². The van der Waals surface area contributed by atoms with Crippen LogP contribution in [-0.2, 0) is 23.9 Å². The second-order valence-electron chi connectivity index (χ2n) is 10.0. The predicted octanol–water partition coefficient (Wildman–Crippen LogP) is 3.87. The van der Waals surface area contributed by atoms with Crippen LogP contribution in [0.5, 0.6) is 11.6 Å². The van der Waals surface area contributed by atoms with E-state index in [4.69, 9.17) is 14.5 Å². The van der Waals surface area contributed by atoms with Crippen molar-refractivity contribution in [3.05, 3.63) is 41.6 Å². The minimum atomic E-state index is -0.752. The summed E-state index contributed by atoms with van der Waals surface area (Å²) in [5, 5.41) is 17.8. The van der Waals surface area contributed by atoms with Crippen molar-refractivity contribution in [1.82, 2.24) is 29.9 Å². The number of carbonyl (C=O) groups is 1. The molecule has 1 aliphatic carbocycles. The maximum absolute atomic E-state index is 11.4. The molecule has 1 N–H and O–H groups in total. The summed E-state index contributed by atoms with van der Waals surface area (Å²) in [5.74, 6) is 0.0366. The minimum Gasteiger partial charge on any atom is -0.489 e. The number of aliphatic carboxylic acids is 1. The number of nitrogens with zero attached hydrogens (tertiary/aromatic N) is 6. The van der Waals surface area contributed by atoms with Crippen molar-refractivity contribution in [3.8, 4) is 23.0 Å². The smallest absolute Gasteiger partial charge is 0.306 e. The molecular formula is C25H32N6O4. The number of pyridine rings is 1. The number of hydrogen-bond donors (Lipinski definition) is 1. The number of aromatic nitrogens is 6. The molecule has 0 aliphatic heterocycles. The zero-order valence-electron chi connectivity index (χ0n) is 20.9. The Morgan fingerprint density at radius 3 is 2.74 bits per heavy atom. The van der Waals surface area contributed by atoms with Gasteiger partial charge in [-0.05, 0) is 44.7 Å². The van der Waals surface area contributed by atoms with E-state index in [1.165, 1.54) is 6.33 Å². The summed E-state index contributed by atoms with van der Waals surface area (Å²) in [6.45, 7) is 8.35. The molecule has 1 aliphatic rings. The van der Waals surface area contributed by atoms with Gasteiger partial charge in [-0.1, -0.05) is 26.0 Å². The Balaban J connectivity index is 1.49. The molecule has 0 bridgehead atoms. The first kappa shape index (κ1) is 24.6. The Labute approximate surface area is 204 Å². The van der Waals surface area contributed by atoms with Crippen molar-refractivity contribution in [1.29, 1.82) is 0 Å². The molecule has 0 spiro atoms. The molecule has 0 saturated heterocycles. The van der Waals surface area contributed by atoms with Crippen molar-refractivity contribution < 1.29 is 19.4 Å². The van der Waals surface area contributed by atoms with Crippen LogP contribution in [0.15, 0.2) is 24.5 Å². The highest BCUT2D eigenvalue weighted by Gasteiger charge is 2.28. The molecule has 1 fully saturated rings. The lowest BCUT2D eigenvalue weighted by Gasteiger charge is -2.27. The maximum atomic E-state index is 11.4. The van der Waals surface area contributed by atoms with Gasteiger partial charge < -0.3 is 14.6 Å².